The van der Waals surface area contributed by atoms with Gasteiger partial charge in [0, 0.05) is 18.7 Å². The standard InChI is InChI=1S/C12H17NO.C8H10.C4H8.2C2H6.C2H2/c1-2-10-7-8-12(14)13(9-10)11-5-3-4-6-11;1-7-3-5-8(2)6-4-7;1-4(2)3;3*1-2/h2,7-8,11H,3-6,9H2,1H3;3-6H,1-2H3;1H2,2-3H3;2*1-2H3;1-2H/b10-2-;;;;;. The van der Waals surface area contributed by atoms with E-state index in [9.17, 15) is 4.79 Å². The number of terminal acetylenes is 1. The van der Waals surface area contributed by atoms with Gasteiger partial charge < -0.3 is 4.90 Å². The molecule has 2 heteroatoms. The molecule has 2 aliphatic rings. The van der Waals surface area contributed by atoms with Crippen molar-refractivity contribution in [2.24, 2.45) is 0 Å². The van der Waals surface area contributed by atoms with Crippen LogP contribution in [0.5, 0.6) is 0 Å². The number of benzene rings is 1. The third kappa shape index (κ3) is 17.2. The second-order valence-electron chi connectivity index (χ2n) is 7.46. The lowest BCUT2D eigenvalue weighted by molar-refractivity contribution is -0.128. The highest BCUT2D eigenvalue weighted by atomic mass is 16.2. The molecule has 1 fully saturated rings. The van der Waals surface area contributed by atoms with Crippen LogP contribution in [0.1, 0.15) is 85.3 Å². The SMILES string of the molecule is C#C.C/C=C1/C=CC(=O)N(C2CCCC2)C1.C=C(C)C.CC.CC.Cc1ccc(C)cc1. The molecule has 0 spiro atoms. The van der Waals surface area contributed by atoms with Crippen LogP contribution in [0.3, 0.4) is 0 Å². The highest BCUT2D eigenvalue weighted by Gasteiger charge is 2.27. The predicted octanol–water partition coefficient (Wildman–Crippen LogP) is 8.46. The summed E-state index contributed by atoms with van der Waals surface area (Å²) < 4.78 is 0. The summed E-state index contributed by atoms with van der Waals surface area (Å²) in [5.41, 5.74) is 5.09. The molecule has 0 saturated heterocycles. The molecular weight excluding hydrogens is 390 g/mol. The molecule has 1 amide bonds. The Morgan fingerprint density at radius 2 is 1.31 bits per heavy atom. The van der Waals surface area contributed by atoms with Gasteiger partial charge in [-0.2, -0.15) is 0 Å². The van der Waals surface area contributed by atoms with Crippen molar-refractivity contribution in [3.8, 4) is 12.8 Å². The summed E-state index contributed by atoms with van der Waals surface area (Å²) in [7, 11) is 0. The first kappa shape index (κ1) is 34.1. The Morgan fingerprint density at radius 1 is 0.938 bits per heavy atom. The molecule has 1 aromatic rings. The first-order valence-corrected chi connectivity index (χ1v) is 12.0. The van der Waals surface area contributed by atoms with Gasteiger partial charge in [0.15, 0.2) is 0 Å². The van der Waals surface area contributed by atoms with Crippen molar-refractivity contribution in [3.05, 3.63) is 71.3 Å². The Kier molecular flexibility index (Phi) is 24.7. The monoisotopic (exact) mass is 439 g/mol. The third-order valence-electron chi connectivity index (χ3n) is 4.43. The number of amides is 1. The van der Waals surface area contributed by atoms with Crippen molar-refractivity contribution in [2.45, 2.75) is 94.0 Å². The van der Waals surface area contributed by atoms with Crippen molar-refractivity contribution < 1.29 is 4.79 Å². The van der Waals surface area contributed by atoms with Crippen LogP contribution < -0.4 is 0 Å². The lowest BCUT2D eigenvalue weighted by atomic mass is 10.1. The number of aryl methyl sites for hydroxylation is 2. The summed E-state index contributed by atoms with van der Waals surface area (Å²) in [5, 5.41) is 0. The largest absolute Gasteiger partial charge is 0.332 e. The van der Waals surface area contributed by atoms with Gasteiger partial charge in [-0.05, 0) is 53.0 Å². The Labute approximate surface area is 200 Å². The van der Waals surface area contributed by atoms with Crippen molar-refractivity contribution in [3.63, 3.8) is 0 Å². The molecule has 180 valence electrons. The Hall–Kier alpha value is -2.53. The maximum absolute atomic E-state index is 11.7. The van der Waals surface area contributed by atoms with Crippen LogP contribution in [0.4, 0.5) is 0 Å². The zero-order valence-electron chi connectivity index (χ0n) is 22.4. The smallest absolute Gasteiger partial charge is 0.247 e. The van der Waals surface area contributed by atoms with E-state index in [1.54, 1.807) is 6.08 Å². The Bertz CT molecular complexity index is 646. The van der Waals surface area contributed by atoms with Gasteiger partial charge in [0.1, 0.15) is 0 Å². The van der Waals surface area contributed by atoms with E-state index < -0.39 is 0 Å². The molecular formula is C30H49NO. The van der Waals surface area contributed by atoms with Crippen molar-refractivity contribution >= 4 is 5.91 Å². The van der Waals surface area contributed by atoms with Gasteiger partial charge in [0.25, 0.3) is 0 Å². The quantitative estimate of drug-likeness (QED) is 0.317. The summed E-state index contributed by atoms with van der Waals surface area (Å²) in [4.78, 5) is 13.7. The van der Waals surface area contributed by atoms with Crippen LogP contribution in [0.15, 0.2) is 60.2 Å². The van der Waals surface area contributed by atoms with Gasteiger partial charge in [-0.1, -0.05) is 93.7 Å². The van der Waals surface area contributed by atoms with E-state index in [1.807, 2.05) is 59.4 Å². The molecule has 0 radical (unpaired) electrons. The second-order valence-corrected chi connectivity index (χ2v) is 7.46. The normalized spacial score (nSPS) is 15.2. The van der Waals surface area contributed by atoms with E-state index in [1.165, 1.54) is 48.0 Å². The number of allylic oxidation sites excluding steroid dienone is 2. The van der Waals surface area contributed by atoms with Gasteiger partial charge in [-0.3, -0.25) is 4.79 Å². The summed E-state index contributed by atoms with van der Waals surface area (Å²) in [6, 6.07) is 8.98. The minimum atomic E-state index is 0.197. The molecule has 1 heterocycles. The Morgan fingerprint density at radius 3 is 1.66 bits per heavy atom. The fraction of sp³-hybridized carbons (Fsp3) is 0.500. The van der Waals surface area contributed by atoms with E-state index in [4.69, 9.17) is 0 Å². The van der Waals surface area contributed by atoms with E-state index in [0.29, 0.717) is 6.04 Å². The van der Waals surface area contributed by atoms with Gasteiger partial charge in [0.2, 0.25) is 5.91 Å². The Balaban J connectivity index is -0.000000398. The first-order valence-electron chi connectivity index (χ1n) is 12.0. The summed E-state index contributed by atoms with van der Waals surface area (Å²) in [5.74, 6) is 0.197. The van der Waals surface area contributed by atoms with E-state index >= 15 is 0 Å². The average Bonchev–Trinajstić information content (AvgIpc) is 3.35. The lowest BCUT2D eigenvalue weighted by Crippen LogP contribution is -2.40. The van der Waals surface area contributed by atoms with Gasteiger partial charge in [0.05, 0.1) is 0 Å². The lowest BCUT2D eigenvalue weighted by Gasteiger charge is -2.30. The van der Waals surface area contributed by atoms with Crippen LogP contribution in [-0.4, -0.2) is 23.4 Å². The van der Waals surface area contributed by atoms with Crippen LogP contribution in [-0.2, 0) is 4.79 Å². The maximum Gasteiger partial charge on any atom is 0.247 e. The summed E-state index contributed by atoms with van der Waals surface area (Å²) >= 11 is 0. The molecule has 32 heavy (non-hydrogen) atoms. The molecule has 3 rings (SSSR count). The number of hydrogen-bond acceptors (Lipinski definition) is 1. The van der Waals surface area contributed by atoms with Crippen LogP contribution in [0.2, 0.25) is 0 Å². The van der Waals surface area contributed by atoms with Crippen molar-refractivity contribution in [1.29, 1.82) is 0 Å². The molecule has 0 unspecified atom stereocenters. The zero-order chi connectivity index (χ0) is 25.5. The fourth-order valence-corrected chi connectivity index (χ4v) is 2.95. The van der Waals surface area contributed by atoms with Gasteiger partial charge in [-0.15, -0.1) is 19.4 Å². The first-order chi connectivity index (χ1) is 15.3. The van der Waals surface area contributed by atoms with Crippen LogP contribution in [0.25, 0.3) is 0 Å². The molecule has 1 aliphatic heterocycles. The van der Waals surface area contributed by atoms with E-state index in [0.717, 1.165) is 6.54 Å². The topological polar surface area (TPSA) is 20.3 Å². The number of nitrogens with zero attached hydrogens (tertiary/aromatic N) is 1. The third-order valence-corrected chi connectivity index (χ3v) is 4.43. The number of carbonyl (C=O) groups is 1. The average molecular weight is 440 g/mol. The van der Waals surface area contributed by atoms with Gasteiger partial charge in [-0.25, -0.2) is 0 Å². The molecule has 1 aliphatic carbocycles. The highest BCUT2D eigenvalue weighted by molar-refractivity contribution is 5.90. The predicted molar refractivity (Wildman–Crippen MR) is 146 cm³/mol. The molecule has 0 aromatic heterocycles. The van der Waals surface area contributed by atoms with Crippen molar-refractivity contribution in [1.82, 2.24) is 4.90 Å². The second kappa shape index (κ2) is 23.1. The maximum atomic E-state index is 11.7. The number of hydrogen-bond donors (Lipinski definition) is 0. The minimum Gasteiger partial charge on any atom is -0.332 e. The molecule has 0 N–H and O–H groups in total. The van der Waals surface area contributed by atoms with Gasteiger partial charge >= 0.3 is 0 Å². The number of carbonyl (C=O) groups excluding carboxylic acids is 1. The molecule has 2 nitrogen and oxygen atoms in total. The van der Waals surface area contributed by atoms with Crippen molar-refractivity contribution in [2.75, 3.05) is 6.54 Å². The summed E-state index contributed by atoms with van der Waals surface area (Å²) in [6.45, 7) is 22.5. The van der Waals surface area contributed by atoms with Crippen LogP contribution >= 0.6 is 0 Å². The minimum absolute atomic E-state index is 0.197. The highest BCUT2D eigenvalue weighted by Crippen LogP contribution is 2.26. The number of rotatable bonds is 1. The molecule has 0 bridgehead atoms. The van der Waals surface area contributed by atoms with E-state index in [-0.39, 0.29) is 5.91 Å². The zero-order valence-corrected chi connectivity index (χ0v) is 22.4. The van der Waals surface area contributed by atoms with E-state index in [2.05, 4.69) is 63.6 Å². The molecule has 0 atom stereocenters. The molecule has 1 aromatic carbocycles. The van der Waals surface area contributed by atoms with Crippen LogP contribution in [0, 0.1) is 26.7 Å². The summed E-state index contributed by atoms with van der Waals surface area (Å²) in [6.07, 6.45) is 18.7. The molecule has 1 saturated carbocycles. The fourth-order valence-electron chi connectivity index (χ4n) is 2.95.